The van der Waals surface area contributed by atoms with Crippen LogP contribution in [-0.4, -0.2) is 51.7 Å². The molecule has 30 heavy (non-hydrogen) atoms. The van der Waals surface area contributed by atoms with Gasteiger partial charge < -0.3 is 15.0 Å². The minimum atomic E-state index is -3.36. The van der Waals surface area contributed by atoms with Crippen molar-refractivity contribution in [3.05, 3.63) is 59.3 Å². The quantitative estimate of drug-likeness (QED) is 0.658. The molecule has 1 aliphatic heterocycles. The number of benzene rings is 1. The van der Waals surface area contributed by atoms with Gasteiger partial charge in [0.15, 0.2) is 0 Å². The van der Waals surface area contributed by atoms with E-state index >= 15 is 0 Å². The van der Waals surface area contributed by atoms with E-state index in [1.165, 1.54) is 0 Å². The topological polar surface area (TPSA) is 101 Å². The number of amides is 1. The first-order valence-corrected chi connectivity index (χ1v) is 11.6. The predicted molar refractivity (Wildman–Crippen MR) is 116 cm³/mol. The van der Waals surface area contributed by atoms with Crippen LogP contribution in [0.5, 0.6) is 0 Å². The van der Waals surface area contributed by atoms with E-state index < -0.39 is 10.0 Å². The van der Waals surface area contributed by atoms with E-state index in [1.54, 1.807) is 38.2 Å². The number of hydrogen-bond acceptors (Lipinski definition) is 6. The summed E-state index contributed by atoms with van der Waals surface area (Å²) in [5.41, 5.74) is 2.08. The monoisotopic (exact) mass is 432 g/mol. The van der Waals surface area contributed by atoms with Gasteiger partial charge in [0.05, 0.1) is 24.5 Å². The molecule has 1 aliphatic rings. The fourth-order valence-corrected chi connectivity index (χ4v) is 4.59. The molecular weight excluding hydrogens is 404 g/mol. The Morgan fingerprint density at radius 1 is 1.10 bits per heavy atom. The number of ether oxygens (including phenoxy) is 1. The third kappa shape index (κ3) is 6.51. The highest BCUT2D eigenvalue weighted by Gasteiger charge is 2.14. The molecule has 1 fully saturated rings. The van der Waals surface area contributed by atoms with E-state index in [9.17, 15) is 13.2 Å². The van der Waals surface area contributed by atoms with Gasteiger partial charge in [0, 0.05) is 31.9 Å². The van der Waals surface area contributed by atoms with Crippen molar-refractivity contribution >= 4 is 21.7 Å². The Morgan fingerprint density at radius 3 is 2.37 bits per heavy atom. The number of anilines is 1. The summed E-state index contributed by atoms with van der Waals surface area (Å²) in [6, 6.07) is 10.6. The first-order valence-electron chi connectivity index (χ1n) is 9.97. The van der Waals surface area contributed by atoms with E-state index in [0.29, 0.717) is 30.9 Å². The SMILES string of the molecule is CC(C)NS(=O)(=O)Cc1ccc(CNC(=O)c2ccc(N3CCOCC3)nc2)cc1. The molecule has 0 aliphatic carbocycles. The van der Waals surface area contributed by atoms with Gasteiger partial charge in [-0.1, -0.05) is 24.3 Å². The minimum absolute atomic E-state index is 0.0705. The summed E-state index contributed by atoms with van der Waals surface area (Å²) in [4.78, 5) is 18.9. The number of carbonyl (C=O) groups is 1. The van der Waals surface area contributed by atoms with Crippen LogP contribution in [0.4, 0.5) is 5.82 Å². The number of morpholine rings is 1. The molecule has 2 heterocycles. The first-order chi connectivity index (χ1) is 14.3. The molecule has 162 valence electrons. The van der Waals surface area contributed by atoms with Crippen molar-refractivity contribution in [3.63, 3.8) is 0 Å². The zero-order chi connectivity index (χ0) is 21.6. The maximum absolute atomic E-state index is 12.4. The van der Waals surface area contributed by atoms with Crippen LogP contribution in [0.2, 0.25) is 0 Å². The van der Waals surface area contributed by atoms with E-state index in [-0.39, 0.29) is 17.7 Å². The maximum Gasteiger partial charge on any atom is 0.253 e. The fourth-order valence-electron chi connectivity index (χ4n) is 3.16. The van der Waals surface area contributed by atoms with Gasteiger partial charge in [0.2, 0.25) is 10.0 Å². The standard InChI is InChI=1S/C21H28N4O4S/c1-16(2)24-30(27,28)15-18-5-3-17(4-6-18)13-23-21(26)19-7-8-20(22-14-19)25-9-11-29-12-10-25/h3-8,14,16,24H,9-13,15H2,1-2H3,(H,23,26). The van der Waals surface area contributed by atoms with Crippen molar-refractivity contribution in [2.75, 3.05) is 31.2 Å². The van der Waals surface area contributed by atoms with E-state index in [1.807, 2.05) is 18.2 Å². The molecule has 1 aromatic carbocycles. The number of rotatable bonds is 8. The minimum Gasteiger partial charge on any atom is -0.378 e. The summed E-state index contributed by atoms with van der Waals surface area (Å²) in [7, 11) is -3.36. The molecule has 1 saturated heterocycles. The zero-order valence-corrected chi connectivity index (χ0v) is 18.1. The normalized spacial score (nSPS) is 14.7. The van der Waals surface area contributed by atoms with Crippen molar-refractivity contribution in [2.24, 2.45) is 0 Å². The number of nitrogens with one attached hydrogen (secondary N) is 2. The van der Waals surface area contributed by atoms with Crippen LogP contribution in [-0.2, 0) is 27.1 Å². The van der Waals surface area contributed by atoms with Crippen molar-refractivity contribution in [2.45, 2.75) is 32.2 Å². The van der Waals surface area contributed by atoms with Gasteiger partial charge in [-0.05, 0) is 37.1 Å². The molecule has 0 radical (unpaired) electrons. The van der Waals surface area contributed by atoms with Gasteiger partial charge in [-0.15, -0.1) is 0 Å². The van der Waals surface area contributed by atoms with Crippen LogP contribution < -0.4 is 14.9 Å². The second kappa shape index (κ2) is 10.0. The molecule has 0 unspecified atom stereocenters. The number of carbonyl (C=O) groups excluding carboxylic acids is 1. The highest BCUT2D eigenvalue weighted by atomic mass is 32.2. The van der Waals surface area contributed by atoms with Crippen LogP contribution in [0.1, 0.15) is 35.3 Å². The first kappa shape index (κ1) is 22.2. The highest BCUT2D eigenvalue weighted by Crippen LogP contribution is 2.13. The second-order valence-electron chi connectivity index (χ2n) is 7.54. The maximum atomic E-state index is 12.4. The molecule has 8 nitrogen and oxygen atoms in total. The van der Waals surface area contributed by atoms with Crippen LogP contribution in [0, 0.1) is 0 Å². The van der Waals surface area contributed by atoms with Crippen LogP contribution >= 0.6 is 0 Å². The van der Waals surface area contributed by atoms with Gasteiger partial charge in [-0.2, -0.15) is 0 Å². The summed E-state index contributed by atoms with van der Waals surface area (Å²) in [6.07, 6.45) is 1.58. The van der Waals surface area contributed by atoms with Gasteiger partial charge >= 0.3 is 0 Å². The van der Waals surface area contributed by atoms with Crippen molar-refractivity contribution in [3.8, 4) is 0 Å². The molecule has 2 N–H and O–H groups in total. The Bertz CT molecular complexity index is 938. The Hall–Kier alpha value is -2.49. The zero-order valence-electron chi connectivity index (χ0n) is 17.3. The van der Waals surface area contributed by atoms with Crippen LogP contribution in [0.25, 0.3) is 0 Å². The van der Waals surface area contributed by atoms with Gasteiger partial charge in [0.1, 0.15) is 5.82 Å². The number of aromatic nitrogens is 1. The number of pyridine rings is 1. The van der Waals surface area contributed by atoms with Crippen LogP contribution in [0.15, 0.2) is 42.6 Å². The van der Waals surface area contributed by atoms with E-state index in [4.69, 9.17) is 4.74 Å². The average Bonchev–Trinajstić information content (AvgIpc) is 2.72. The lowest BCUT2D eigenvalue weighted by atomic mass is 10.1. The Labute approximate surface area is 177 Å². The lowest BCUT2D eigenvalue weighted by molar-refractivity contribution is 0.0950. The molecule has 0 atom stereocenters. The summed E-state index contributed by atoms with van der Waals surface area (Å²) in [5.74, 6) is 0.565. The molecule has 0 bridgehead atoms. The lowest BCUT2D eigenvalue weighted by Gasteiger charge is -2.27. The molecule has 0 saturated carbocycles. The van der Waals surface area contributed by atoms with Gasteiger partial charge in [0.25, 0.3) is 5.91 Å². The third-order valence-corrected chi connectivity index (χ3v) is 6.14. The van der Waals surface area contributed by atoms with Gasteiger partial charge in [-0.25, -0.2) is 18.1 Å². The molecule has 1 aromatic heterocycles. The Morgan fingerprint density at radius 2 is 1.77 bits per heavy atom. The molecule has 2 aromatic rings. The second-order valence-corrected chi connectivity index (χ2v) is 9.29. The van der Waals surface area contributed by atoms with E-state index in [2.05, 4.69) is 19.9 Å². The molecule has 0 spiro atoms. The molecular formula is C21H28N4O4S. The molecule has 1 amide bonds. The smallest absolute Gasteiger partial charge is 0.253 e. The van der Waals surface area contributed by atoms with Gasteiger partial charge in [-0.3, -0.25) is 4.79 Å². The Balaban J connectivity index is 1.52. The number of sulfonamides is 1. The summed E-state index contributed by atoms with van der Waals surface area (Å²) >= 11 is 0. The Kier molecular flexibility index (Phi) is 7.41. The number of hydrogen-bond donors (Lipinski definition) is 2. The van der Waals surface area contributed by atoms with Crippen molar-refractivity contribution in [1.29, 1.82) is 0 Å². The average molecular weight is 433 g/mol. The van der Waals surface area contributed by atoms with Crippen LogP contribution in [0.3, 0.4) is 0 Å². The molecule has 3 rings (SSSR count). The van der Waals surface area contributed by atoms with Crippen molar-refractivity contribution in [1.82, 2.24) is 15.0 Å². The van der Waals surface area contributed by atoms with E-state index in [0.717, 1.165) is 24.5 Å². The molecule has 9 heteroatoms. The summed E-state index contributed by atoms with van der Waals surface area (Å²) in [6.45, 7) is 6.88. The van der Waals surface area contributed by atoms with Crippen molar-refractivity contribution < 1.29 is 17.9 Å². The summed E-state index contributed by atoms with van der Waals surface area (Å²) < 4.78 is 31.9. The number of nitrogens with zero attached hydrogens (tertiary/aromatic N) is 2. The highest BCUT2D eigenvalue weighted by molar-refractivity contribution is 7.88. The lowest BCUT2D eigenvalue weighted by Crippen LogP contribution is -2.36. The summed E-state index contributed by atoms with van der Waals surface area (Å²) in [5, 5.41) is 2.86. The predicted octanol–water partition coefficient (Wildman–Crippen LogP) is 1.68. The third-order valence-electron chi connectivity index (χ3n) is 4.59. The fraction of sp³-hybridized carbons (Fsp3) is 0.429. The largest absolute Gasteiger partial charge is 0.378 e.